The van der Waals surface area contributed by atoms with Gasteiger partial charge in [0.1, 0.15) is 27.1 Å². The van der Waals surface area contributed by atoms with Crippen molar-refractivity contribution in [1.82, 2.24) is 14.7 Å². The first-order valence-electron chi connectivity index (χ1n) is 11.3. The number of rotatable bonds is 9. The molecule has 0 bridgehead atoms. The molecule has 184 valence electrons. The van der Waals surface area contributed by atoms with Crippen molar-refractivity contribution >= 4 is 40.3 Å². The summed E-state index contributed by atoms with van der Waals surface area (Å²) in [4.78, 5) is 2.37. The van der Waals surface area contributed by atoms with E-state index in [1.165, 1.54) is 37.0 Å². The molecule has 0 radical (unpaired) electrons. The van der Waals surface area contributed by atoms with Crippen molar-refractivity contribution < 1.29 is 13.3 Å². The molecular weight excluding hydrogens is 489 g/mol. The van der Waals surface area contributed by atoms with Gasteiger partial charge in [-0.1, -0.05) is 36.0 Å². The second kappa shape index (κ2) is 11.6. The molecule has 0 saturated carbocycles. The van der Waals surface area contributed by atoms with Crippen LogP contribution in [0.4, 0.5) is 14.5 Å². The average molecular weight is 522 g/mol. The van der Waals surface area contributed by atoms with E-state index in [1.807, 2.05) is 0 Å². The third kappa shape index (κ3) is 6.34. The van der Waals surface area contributed by atoms with E-state index in [2.05, 4.69) is 17.0 Å². The summed E-state index contributed by atoms with van der Waals surface area (Å²) in [5, 5.41) is 4.44. The Bertz CT molecular complexity index is 928. The van der Waals surface area contributed by atoms with Gasteiger partial charge in [0.05, 0.1) is 11.4 Å². The molecule has 1 aromatic carbocycles. The second-order valence-electron chi connectivity index (χ2n) is 8.88. The number of unbranched alkanes of at least 4 members (excludes halogenated alkanes) is 1. The highest BCUT2D eigenvalue weighted by Gasteiger charge is 2.38. The molecule has 1 aliphatic rings. The molecule has 0 spiro atoms. The fourth-order valence-corrected chi connectivity index (χ4v) is 6.62. The highest BCUT2D eigenvalue weighted by molar-refractivity contribution is 7.93. The van der Waals surface area contributed by atoms with Gasteiger partial charge in [0, 0.05) is 7.05 Å². The van der Waals surface area contributed by atoms with E-state index >= 15 is 0 Å². The van der Waals surface area contributed by atoms with Gasteiger partial charge >= 0.3 is 6.55 Å². The Morgan fingerprint density at radius 3 is 2.27 bits per heavy atom. The Labute approximate surface area is 208 Å². The van der Waals surface area contributed by atoms with Gasteiger partial charge in [0.2, 0.25) is 4.90 Å². The van der Waals surface area contributed by atoms with Crippen LogP contribution in [0.2, 0.25) is 10.0 Å². The molecule has 0 amide bonds. The first-order chi connectivity index (χ1) is 15.6. The van der Waals surface area contributed by atoms with Crippen molar-refractivity contribution in [2.24, 2.45) is 13.0 Å². The molecule has 1 fully saturated rings. The average Bonchev–Trinajstić information content (AvgIpc) is 2.98. The SMILES string of the molecule is Cc1nn(C)c(C)c1N(C(F)F)[S+]([O-])c1c(Cl)cc(CCCCC2CCN(C)CC2)cc1Cl. The fourth-order valence-electron chi connectivity index (χ4n) is 4.47. The van der Waals surface area contributed by atoms with E-state index in [9.17, 15) is 13.3 Å². The molecule has 2 heterocycles. The normalized spacial score (nSPS) is 16.5. The minimum atomic E-state index is -3.01. The predicted octanol–water partition coefficient (Wildman–Crippen LogP) is 6.15. The standard InChI is InChI=1S/C23H32Cl2F2N4OS/c1-15-21(16(2)30(4)28-15)31(23(26)27)33(32)22-19(24)13-18(14-20(22)25)8-6-5-7-17-9-11-29(3)12-10-17/h13-14,17,23H,5-12H2,1-4H3. The molecule has 5 nitrogen and oxygen atoms in total. The van der Waals surface area contributed by atoms with Crippen molar-refractivity contribution in [3.05, 3.63) is 39.1 Å². The van der Waals surface area contributed by atoms with E-state index in [-0.39, 0.29) is 20.6 Å². The molecule has 0 aliphatic carbocycles. The number of alkyl halides is 2. The Morgan fingerprint density at radius 2 is 1.76 bits per heavy atom. The number of halogens is 4. The van der Waals surface area contributed by atoms with Gasteiger partial charge in [0.15, 0.2) is 0 Å². The highest BCUT2D eigenvalue weighted by Crippen LogP contribution is 2.38. The summed E-state index contributed by atoms with van der Waals surface area (Å²) in [6, 6.07) is 3.39. The summed E-state index contributed by atoms with van der Waals surface area (Å²) < 4.78 is 43.3. The monoisotopic (exact) mass is 520 g/mol. The second-order valence-corrected chi connectivity index (χ2v) is 11.0. The van der Waals surface area contributed by atoms with E-state index in [0.29, 0.717) is 15.7 Å². The maximum absolute atomic E-state index is 14.0. The molecule has 1 saturated heterocycles. The lowest BCUT2D eigenvalue weighted by molar-refractivity contribution is 0.161. The van der Waals surface area contributed by atoms with Gasteiger partial charge in [-0.05, 0) is 83.3 Å². The van der Waals surface area contributed by atoms with Crippen LogP contribution < -0.4 is 4.31 Å². The summed E-state index contributed by atoms with van der Waals surface area (Å²) in [5.74, 6) is 0.790. The van der Waals surface area contributed by atoms with Crippen LogP contribution >= 0.6 is 23.2 Å². The first-order valence-corrected chi connectivity index (χ1v) is 13.1. The lowest BCUT2D eigenvalue weighted by atomic mass is 9.91. The molecule has 1 atom stereocenters. The Morgan fingerprint density at radius 1 is 1.15 bits per heavy atom. The zero-order chi connectivity index (χ0) is 24.3. The van der Waals surface area contributed by atoms with Gasteiger partial charge < -0.3 is 9.45 Å². The highest BCUT2D eigenvalue weighted by atomic mass is 35.5. The minimum Gasteiger partial charge on any atom is -0.587 e. The Kier molecular flexibility index (Phi) is 9.31. The summed E-state index contributed by atoms with van der Waals surface area (Å²) in [5.41, 5.74) is 1.88. The molecule has 2 aromatic rings. The van der Waals surface area contributed by atoms with Gasteiger partial charge in [-0.25, -0.2) is 0 Å². The lowest BCUT2D eigenvalue weighted by Crippen LogP contribution is -2.36. The van der Waals surface area contributed by atoms with Crippen LogP contribution in [0.3, 0.4) is 0 Å². The number of nitrogens with zero attached hydrogens (tertiary/aromatic N) is 4. The molecule has 1 unspecified atom stereocenters. The molecule has 0 N–H and O–H groups in total. The van der Waals surface area contributed by atoms with Crippen LogP contribution in [0.15, 0.2) is 17.0 Å². The smallest absolute Gasteiger partial charge is 0.352 e. The largest absolute Gasteiger partial charge is 0.587 e. The Balaban J connectivity index is 1.69. The molecule has 1 aromatic heterocycles. The number of aryl methyl sites for hydroxylation is 3. The minimum absolute atomic E-state index is 0.00337. The van der Waals surface area contributed by atoms with E-state index in [1.54, 1.807) is 33.0 Å². The third-order valence-electron chi connectivity index (χ3n) is 6.45. The number of likely N-dealkylation sites (tertiary alicyclic amines) is 1. The summed E-state index contributed by atoms with van der Waals surface area (Å²) in [7, 11) is 3.82. The molecule has 3 rings (SSSR count). The first kappa shape index (κ1) is 26.5. The van der Waals surface area contributed by atoms with Gasteiger partial charge in [0.25, 0.3) is 0 Å². The van der Waals surface area contributed by atoms with E-state index in [0.717, 1.165) is 30.7 Å². The molecule has 10 heteroatoms. The van der Waals surface area contributed by atoms with Gasteiger partial charge in [-0.15, -0.1) is 4.31 Å². The zero-order valence-electron chi connectivity index (χ0n) is 19.6. The molecule has 33 heavy (non-hydrogen) atoms. The predicted molar refractivity (Wildman–Crippen MR) is 132 cm³/mol. The zero-order valence-corrected chi connectivity index (χ0v) is 21.9. The topological polar surface area (TPSA) is 47.4 Å². The van der Waals surface area contributed by atoms with Gasteiger partial charge in [-0.2, -0.15) is 13.9 Å². The van der Waals surface area contributed by atoms with Crippen LogP contribution in [0.5, 0.6) is 0 Å². The van der Waals surface area contributed by atoms with Crippen LogP contribution in [0.1, 0.15) is 49.1 Å². The van der Waals surface area contributed by atoms with Crippen molar-refractivity contribution in [1.29, 1.82) is 0 Å². The maximum atomic E-state index is 14.0. The maximum Gasteiger partial charge on any atom is 0.352 e. The van der Waals surface area contributed by atoms with Crippen LogP contribution in [-0.2, 0) is 24.8 Å². The van der Waals surface area contributed by atoms with Crippen LogP contribution in [0.25, 0.3) is 0 Å². The summed E-state index contributed by atoms with van der Waals surface area (Å²) in [6.45, 7) is 2.58. The number of aromatic nitrogens is 2. The molecule has 1 aliphatic heterocycles. The quantitative estimate of drug-likeness (QED) is 0.226. The number of hydrogen-bond donors (Lipinski definition) is 0. The van der Waals surface area contributed by atoms with Crippen molar-refractivity contribution in [2.75, 3.05) is 24.4 Å². The van der Waals surface area contributed by atoms with E-state index in [4.69, 9.17) is 23.2 Å². The van der Waals surface area contributed by atoms with Crippen molar-refractivity contribution in [2.45, 2.75) is 63.8 Å². The summed E-state index contributed by atoms with van der Waals surface area (Å²) in [6.07, 6.45) is 6.63. The van der Waals surface area contributed by atoms with Crippen molar-refractivity contribution in [3.63, 3.8) is 0 Å². The van der Waals surface area contributed by atoms with E-state index < -0.39 is 17.9 Å². The summed E-state index contributed by atoms with van der Waals surface area (Å²) >= 11 is 10.6. The third-order valence-corrected chi connectivity index (χ3v) is 8.75. The number of piperidine rings is 1. The number of anilines is 1. The molecular formula is C23H32Cl2F2N4OS. The van der Waals surface area contributed by atoms with Crippen molar-refractivity contribution in [3.8, 4) is 0 Å². The Hall–Kier alpha value is -1.06. The van der Waals surface area contributed by atoms with Crippen LogP contribution in [0, 0.1) is 19.8 Å². The fraction of sp³-hybridized carbons (Fsp3) is 0.609. The lowest BCUT2D eigenvalue weighted by Gasteiger charge is -2.28. The van der Waals surface area contributed by atoms with Crippen LogP contribution in [-0.4, -0.2) is 45.9 Å². The number of hydrogen-bond acceptors (Lipinski definition) is 4. The van der Waals surface area contributed by atoms with Gasteiger partial charge in [-0.3, -0.25) is 4.68 Å². The number of benzene rings is 1.